The molecule has 2 aromatic carbocycles. The van der Waals surface area contributed by atoms with Gasteiger partial charge in [-0.3, -0.25) is 9.79 Å². The van der Waals surface area contributed by atoms with E-state index in [1.165, 1.54) is 12.1 Å². The van der Waals surface area contributed by atoms with Crippen molar-refractivity contribution in [2.75, 3.05) is 52.2 Å². The Morgan fingerprint density at radius 2 is 1.63 bits per heavy atom. The number of piperazine rings is 1. The van der Waals surface area contributed by atoms with Crippen molar-refractivity contribution in [1.82, 2.24) is 15.1 Å². The monoisotopic (exact) mass is 525 g/mol. The van der Waals surface area contributed by atoms with Crippen molar-refractivity contribution in [2.24, 2.45) is 4.99 Å². The first-order chi connectivity index (χ1) is 14.0. The van der Waals surface area contributed by atoms with Crippen molar-refractivity contribution in [1.29, 1.82) is 0 Å². The third-order valence-electron chi connectivity index (χ3n) is 5.04. The molecule has 1 aliphatic rings. The summed E-state index contributed by atoms with van der Waals surface area (Å²) in [6, 6.07) is 14.3. The second-order valence-corrected chi connectivity index (χ2v) is 7.25. The summed E-state index contributed by atoms with van der Waals surface area (Å²) in [5, 5.41) is 3.40. The zero-order valence-corrected chi connectivity index (χ0v) is 20.0. The molecule has 1 N–H and O–H groups in total. The van der Waals surface area contributed by atoms with Crippen molar-refractivity contribution in [3.05, 3.63) is 65.5 Å². The Morgan fingerprint density at radius 3 is 2.17 bits per heavy atom. The summed E-state index contributed by atoms with van der Waals surface area (Å²) in [5.41, 5.74) is 2.81. The number of amides is 1. The molecule has 3 rings (SSSR count). The van der Waals surface area contributed by atoms with E-state index in [2.05, 4.69) is 20.1 Å². The van der Waals surface area contributed by atoms with Crippen LogP contribution in [0.5, 0.6) is 0 Å². The number of rotatable bonds is 4. The fourth-order valence-corrected chi connectivity index (χ4v) is 3.37. The summed E-state index contributed by atoms with van der Waals surface area (Å²) < 4.78 is 13.1. The van der Waals surface area contributed by atoms with Crippen LogP contribution in [0.4, 0.5) is 10.1 Å². The van der Waals surface area contributed by atoms with Gasteiger partial charge in [0.15, 0.2) is 5.96 Å². The highest BCUT2D eigenvalue weighted by atomic mass is 127. The zero-order chi connectivity index (χ0) is 20.8. The van der Waals surface area contributed by atoms with Crippen LogP contribution in [-0.2, 0) is 6.54 Å². The van der Waals surface area contributed by atoms with Crippen molar-refractivity contribution >= 4 is 41.5 Å². The molecule has 0 unspecified atom stereocenters. The molecule has 0 saturated carbocycles. The second-order valence-electron chi connectivity index (χ2n) is 7.25. The Morgan fingerprint density at radius 1 is 1.03 bits per heavy atom. The fraction of sp³-hybridized carbons (Fsp3) is 0.364. The highest BCUT2D eigenvalue weighted by Gasteiger charge is 2.19. The van der Waals surface area contributed by atoms with E-state index in [0.717, 1.165) is 43.4 Å². The maximum Gasteiger partial charge on any atom is 0.253 e. The number of hydrogen-bond acceptors (Lipinski definition) is 3. The third-order valence-corrected chi connectivity index (χ3v) is 5.04. The molecule has 0 radical (unpaired) electrons. The molecule has 0 aliphatic carbocycles. The minimum absolute atomic E-state index is 0. The fourth-order valence-electron chi connectivity index (χ4n) is 3.37. The van der Waals surface area contributed by atoms with E-state index in [1.807, 2.05) is 36.4 Å². The number of hydrogen-bond donors (Lipinski definition) is 1. The van der Waals surface area contributed by atoms with Gasteiger partial charge >= 0.3 is 0 Å². The maximum absolute atomic E-state index is 13.1. The van der Waals surface area contributed by atoms with Crippen molar-refractivity contribution < 1.29 is 9.18 Å². The molecule has 6 nitrogen and oxygen atoms in total. The number of nitrogens with zero attached hydrogens (tertiary/aromatic N) is 4. The number of nitrogens with one attached hydrogen (secondary N) is 1. The van der Waals surface area contributed by atoms with Crippen molar-refractivity contribution in [3.63, 3.8) is 0 Å². The molecule has 8 heteroatoms. The largest absolute Gasteiger partial charge is 0.368 e. The van der Waals surface area contributed by atoms with E-state index in [-0.39, 0.29) is 35.7 Å². The number of benzene rings is 2. The molecule has 30 heavy (non-hydrogen) atoms. The van der Waals surface area contributed by atoms with E-state index in [9.17, 15) is 9.18 Å². The predicted octanol–water partition coefficient (Wildman–Crippen LogP) is 3.04. The number of guanidine groups is 1. The smallest absolute Gasteiger partial charge is 0.253 e. The van der Waals surface area contributed by atoms with Crippen LogP contribution in [-0.4, -0.2) is 69.0 Å². The first-order valence-electron chi connectivity index (χ1n) is 9.74. The van der Waals surface area contributed by atoms with Gasteiger partial charge < -0.3 is 20.0 Å². The van der Waals surface area contributed by atoms with Crippen molar-refractivity contribution in [2.45, 2.75) is 6.54 Å². The topological polar surface area (TPSA) is 51.2 Å². The molecule has 0 spiro atoms. The number of anilines is 1. The Labute approximate surface area is 194 Å². The van der Waals surface area contributed by atoms with Crippen LogP contribution in [0, 0.1) is 5.82 Å². The van der Waals surface area contributed by atoms with Gasteiger partial charge in [-0.15, -0.1) is 24.0 Å². The third kappa shape index (κ3) is 6.07. The molecule has 1 saturated heterocycles. The van der Waals surface area contributed by atoms with Crippen LogP contribution in [0.25, 0.3) is 0 Å². The van der Waals surface area contributed by atoms with Crippen LogP contribution in [0.2, 0.25) is 0 Å². The lowest BCUT2D eigenvalue weighted by Gasteiger charge is -2.37. The minimum atomic E-state index is -0.212. The molecular weight excluding hydrogens is 496 g/mol. The van der Waals surface area contributed by atoms with Gasteiger partial charge in [0.25, 0.3) is 5.91 Å². The van der Waals surface area contributed by atoms with E-state index in [4.69, 9.17) is 0 Å². The standard InChI is InChI=1S/C22H28FN5O.HI/c1-24-22(25-16-17-4-6-18(7-5-17)21(29)26(2)3)28-14-12-27(13-15-28)20-10-8-19(23)9-11-20;/h4-11H,12-16H2,1-3H3,(H,24,25);1H. The first kappa shape index (κ1) is 23.9. The average Bonchev–Trinajstić information content (AvgIpc) is 2.75. The van der Waals surface area contributed by atoms with Gasteiger partial charge in [-0.1, -0.05) is 12.1 Å². The summed E-state index contributed by atoms with van der Waals surface area (Å²) >= 11 is 0. The minimum Gasteiger partial charge on any atom is -0.368 e. The van der Waals surface area contributed by atoms with E-state index >= 15 is 0 Å². The molecule has 1 aliphatic heterocycles. The second kappa shape index (κ2) is 11.1. The van der Waals surface area contributed by atoms with E-state index < -0.39 is 0 Å². The molecule has 1 fully saturated rings. The van der Waals surface area contributed by atoms with Crippen LogP contribution in [0.15, 0.2) is 53.5 Å². The van der Waals surface area contributed by atoms with Gasteiger partial charge in [0, 0.05) is 65.1 Å². The highest BCUT2D eigenvalue weighted by molar-refractivity contribution is 14.0. The quantitative estimate of drug-likeness (QED) is 0.379. The zero-order valence-electron chi connectivity index (χ0n) is 17.6. The SMILES string of the molecule is CN=C(NCc1ccc(C(=O)N(C)C)cc1)N1CCN(c2ccc(F)cc2)CC1.I. The van der Waals surface area contributed by atoms with Gasteiger partial charge in [0.1, 0.15) is 5.82 Å². The van der Waals surface area contributed by atoms with Crippen LogP contribution in [0.3, 0.4) is 0 Å². The molecule has 0 bridgehead atoms. The number of halogens is 2. The molecule has 0 atom stereocenters. The Kier molecular flexibility index (Phi) is 8.88. The van der Waals surface area contributed by atoms with Crippen LogP contribution < -0.4 is 10.2 Å². The Balaban J connectivity index is 0.00000320. The summed E-state index contributed by atoms with van der Waals surface area (Å²) in [5.74, 6) is 0.646. The number of carbonyl (C=O) groups is 1. The normalized spacial score (nSPS) is 14.2. The molecule has 0 aromatic heterocycles. The summed E-state index contributed by atoms with van der Waals surface area (Å²) in [4.78, 5) is 22.4. The molecule has 1 heterocycles. The van der Waals surface area contributed by atoms with Gasteiger partial charge in [0.2, 0.25) is 0 Å². The van der Waals surface area contributed by atoms with Crippen molar-refractivity contribution in [3.8, 4) is 0 Å². The first-order valence-corrected chi connectivity index (χ1v) is 9.74. The number of aliphatic imine (C=N–C) groups is 1. The molecule has 1 amide bonds. The van der Waals surface area contributed by atoms with Crippen LogP contribution in [0.1, 0.15) is 15.9 Å². The van der Waals surface area contributed by atoms with Gasteiger partial charge in [0.05, 0.1) is 0 Å². The number of carbonyl (C=O) groups excluding carboxylic acids is 1. The summed E-state index contributed by atoms with van der Waals surface area (Å²) in [7, 11) is 5.28. The molecule has 2 aromatic rings. The lowest BCUT2D eigenvalue weighted by molar-refractivity contribution is 0.0827. The Bertz CT molecular complexity index is 847. The molecular formula is C22H29FIN5O. The van der Waals surface area contributed by atoms with Gasteiger partial charge in [-0.05, 0) is 42.0 Å². The lowest BCUT2D eigenvalue weighted by Crippen LogP contribution is -2.52. The van der Waals surface area contributed by atoms with Gasteiger partial charge in [-0.2, -0.15) is 0 Å². The van der Waals surface area contributed by atoms with Crippen LogP contribution >= 0.6 is 24.0 Å². The maximum atomic E-state index is 13.1. The highest BCUT2D eigenvalue weighted by Crippen LogP contribution is 2.17. The van der Waals surface area contributed by atoms with E-state index in [0.29, 0.717) is 12.1 Å². The lowest BCUT2D eigenvalue weighted by atomic mass is 10.1. The molecule has 162 valence electrons. The average molecular weight is 525 g/mol. The Hall–Kier alpha value is -2.36. The van der Waals surface area contributed by atoms with Gasteiger partial charge in [-0.25, -0.2) is 4.39 Å². The summed E-state index contributed by atoms with van der Waals surface area (Å²) in [6.07, 6.45) is 0. The summed E-state index contributed by atoms with van der Waals surface area (Å²) in [6.45, 7) is 4.03. The predicted molar refractivity (Wildman–Crippen MR) is 130 cm³/mol. The van der Waals surface area contributed by atoms with E-state index in [1.54, 1.807) is 26.0 Å².